The van der Waals surface area contributed by atoms with E-state index in [2.05, 4.69) is 5.14 Å². The van der Waals surface area contributed by atoms with Crippen molar-refractivity contribution >= 4 is 15.3 Å². The Morgan fingerprint density at radius 3 is 2.09 bits per heavy atom. The Morgan fingerprint density at radius 1 is 1.27 bits per heavy atom. The average Bonchev–Trinajstić information content (AvgIpc) is 2.34. The fourth-order valence-electron chi connectivity index (χ4n) is 1.08. The molecule has 0 saturated carbocycles. The SMILES string of the molecule is NS(=O)(=O)C(=O)N1CCCC1. The number of nitrogens with two attached hydrogens (primary N) is 1. The van der Waals surface area contributed by atoms with E-state index < -0.39 is 15.3 Å². The molecule has 11 heavy (non-hydrogen) atoms. The van der Waals surface area contributed by atoms with Gasteiger partial charge in [-0.3, -0.25) is 4.79 Å². The minimum absolute atomic E-state index is 0.509. The molecule has 1 aliphatic rings. The zero-order chi connectivity index (χ0) is 8.48. The molecule has 1 amide bonds. The maximum atomic E-state index is 10.9. The molecule has 0 spiro atoms. The highest BCUT2D eigenvalue weighted by molar-refractivity contribution is 8.04. The number of sulfonamides is 1. The molecule has 0 aromatic rings. The predicted octanol–water partition coefficient (Wildman–Crippen LogP) is -0.509. The van der Waals surface area contributed by atoms with Gasteiger partial charge in [-0.25, -0.2) is 13.6 Å². The standard InChI is InChI=1S/C5H10N2O3S/c6-11(9,10)5(8)7-3-1-2-4-7/h1-4H2,(H2,6,9,10). The van der Waals surface area contributed by atoms with Crippen molar-refractivity contribution in [2.75, 3.05) is 13.1 Å². The van der Waals surface area contributed by atoms with Gasteiger partial charge in [0, 0.05) is 13.1 Å². The summed E-state index contributed by atoms with van der Waals surface area (Å²) in [5.74, 6) is 0. The lowest BCUT2D eigenvalue weighted by molar-refractivity contribution is 0.231. The second-order valence-corrected chi connectivity index (χ2v) is 3.94. The molecule has 6 heteroatoms. The zero-order valence-electron chi connectivity index (χ0n) is 5.99. The maximum Gasteiger partial charge on any atom is 0.353 e. The van der Waals surface area contributed by atoms with E-state index in [1.54, 1.807) is 0 Å². The summed E-state index contributed by atoms with van der Waals surface area (Å²) in [6, 6.07) is 0. The molecule has 2 N–H and O–H groups in total. The second-order valence-electron chi connectivity index (χ2n) is 2.51. The van der Waals surface area contributed by atoms with Gasteiger partial charge in [0.25, 0.3) is 10.0 Å². The van der Waals surface area contributed by atoms with Crippen LogP contribution in [0.3, 0.4) is 0 Å². The molecule has 64 valence electrons. The number of likely N-dealkylation sites (tertiary alicyclic amines) is 1. The van der Waals surface area contributed by atoms with Crippen LogP contribution in [0.5, 0.6) is 0 Å². The molecule has 1 heterocycles. The Bertz CT molecular complexity index is 253. The first kappa shape index (κ1) is 8.48. The lowest BCUT2D eigenvalue weighted by Crippen LogP contribution is -2.36. The molecule has 1 saturated heterocycles. The fourth-order valence-corrected chi connectivity index (χ4v) is 1.62. The molecule has 1 aliphatic heterocycles. The van der Waals surface area contributed by atoms with E-state index in [1.807, 2.05) is 0 Å². The molecule has 0 aromatic heterocycles. The van der Waals surface area contributed by atoms with Gasteiger partial charge in [-0.1, -0.05) is 0 Å². The number of hydrogen-bond donors (Lipinski definition) is 1. The van der Waals surface area contributed by atoms with Crippen LogP contribution in [0.1, 0.15) is 12.8 Å². The van der Waals surface area contributed by atoms with Crippen molar-refractivity contribution in [2.24, 2.45) is 5.14 Å². The smallest absolute Gasteiger partial charge is 0.328 e. The Morgan fingerprint density at radius 2 is 1.73 bits per heavy atom. The van der Waals surface area contributed by atoms with E-state index in [0.29, 0.717) is 13.1 Å². The van der Waals surface area contributed by atoms with Crippen molar-refractivity contribution in [1.82, 2.24) is 4.90 Å². The van der Waals surface area contributed by atoms with Gasteiger partial charge in [0.1, 0.15) is 0 Å². The summed E-state index contributed by atoms with van der Waals surface area (Å²) in [6.07, 6.45) is 1.72. The largest absolute Gasteiger partial charge is 0.353 e. The Labute approximate surface area is 65.2 Å². The van der Waals surface area contributed by atoms with Crippen LogP contribution in [-0.4, -0.2) is 31.6 Å². The summed E-state index contributed by atoms with van der Waals surface area (Å²) in [6.45, 7) is 1.02. The number of amides is 1. The number of hydrogen-bond acceptors (Lipinski definition) is 3. The molecule has 0 aliphatic carbocycles. The highest BCUT2D eigenvalue weighted by atomic mass is 32.2. The Balaban J connectivity index is 2.69. The molecular formula is C5H10N2O3S. The summed E-state index contributed by atoms with van der Waals surface area (Å²) in [5, 5.41) is 3.69. The maximum absolute atomic E-state index is 10.9. The molecule has 0 aromatic carbocycles. The zero-order valence-corrected chi connectivity index (χ0v) is 6.80. The average molecular weight is 178 g/mol. The third-order valence-corrected chi connectivity index (χ3v) is 2.35. The summed E-state index contributed by atoms with van der Waals surface area (Å²) in [4.78, 5) is 12.1. The topological polar surface area (TPSA) is 80.5 Å². The van der Waals surface area contributed by atoms with Gasteiger partial charge in [-0.15, -0.1) is 0 Å². The molecule has 1 fully saturated rings. The van der Waals surface area contributed by atoms with Gasteiger partial charge < -0.3 is 4.90 Å². The first-order chi connectivity index (χ1) is 5.02. The number of rotatable bonds is 0. The van der Waals surface area contributed by atoms with Crippen LogP contribution < -0.4 is 5.14 Å². The van der Waals surface area contributed by atoms with Crippen molar-refractivity contribution in [3.63, 3.8) is 0 Å². The van der Waals surface area contributed by atoms with Crippen molar-refractivity contribution in [3.05, 3.63) is 0 Å². The lowest BCUT2D eigenvalue weighted by atomic mass is 10.4. The highest BCUT2D eigenvalue weighted by Gasteiger charge is 2.26. The highest BCUT2D eigenvalue weighted by Crippen LogP contribution is 2.09. The number of carbonyl (C=O) groups excluding carboxylic acids is 1. The van der Waals surface area contributed by atoms with E-state index in [0.717, 1.165) is 12.8 Å². The predicted molar refractivity (Wildman–Crippen MR) is 39.3 cm³/mol. The Hall–Kier alpha value is -0.620. The third kappa shape index (κ3) is 1.90. The van der Waals surface area contributed by atoms with E-state index in [1.165, 1.54) is 4.90 Å². The van der Waals surface area contributed by atoms with Crippen LogP contribution in [0, 0.1) is 0 Å². The third-order valence-electron chi connectivity index (χ3n) is 1.61. The number of nitrogens with zero attached hydrogens (tertiary/aromatic N) is 1. The van der Waals surface area contributed by atoms with Crippen LogP contribution in [0.25, 0.3) is 0 Å². The monoisotopic (exact) mass is 178 g/mol. The summed E-state index contributed by atoms with van der Waals surface area (Å²) in [7, 11) is -4.00. The van der Waals surface area contributed by atoms with Gasteiger partial charge in [0.2, 0.25) is 0 Å². The molecule has 0 unspecified atom stereocenters. The van der Waals surface area contributed by atoms with Gasteiger partial charge >= 0.3 is 5.24 Å². The second kappa shape index (κ2) is 2.78. The molecule has 0 radical (unpaired) electrons. The first-order valence-corrected chi connectivity index (χ1v) is 4.88. The quantitative estimate of drug-likeness (QED) is 0.542. The number of primary sulfonamides is 1. The molecule has 0 bridgehead atoms. The van der Waals surface area contributed by atoms with Crippen LogP contribution in [0.15, 0.2) is 0 Å². The van der Waals surface area contributed by atoms with Gasteiger partial charge in [0.15, 0.2) is 0 Å². The van der Waals surface area contributed by atoms with Crippen molar-refractivity contribution in [1.29, 1.82) is 0 Å². The van der Waals surface area contributed by atoms with E-state index >= 15 is 0 Å². The van der Waals surface area contributed by atoms with E-state index in [9.17, 15) is 13.2 Å². The van der Waals surface area contributed by atoms with Crippen LogP contribution >= 0.6 is 0 Å². The van der Waals surface area contributed by atoms with Crippen LogP contribution in [-0.2, 0) is 10.0 Å². The lowest BCUT2D eigenvalue weighted by Gasteiger charge is -2.11. The molecule has 0 atom stereocenters. The van der Waals surface area contributed by atoms with Gasteiger partial charge in [-0.05, 0) is 12.8 Å². The van der Waals surface area contributed by atoms with Crippen LogP contribution in [0.4, 0.5) is 4.79 Å². The Kier molecular flexibility index (Phi) is 2.15. The number of carbonyl (C=O) groups is 1. The fraction of sp³-hybridized carbons (Fsp3) is 0.800. The van der Waals surface area contributed by atoms with E-state index in [4.69, 9.17) is 0 Å². The van der Waals surface area contributed by atoms with Gasteiger partial charge in [0.05, 0.1) is 0 Å². The molecule has 1 rings (SSSR count). The molecular weight excluding hydrogens is 168 g/mol. The summed E-state index contributed by atoms with van der Waals surface area (Å²) >= 11 is 0. The minimum Gasteiger partial charge on any atom is -0.328 e. The first-order valence-electron chi connectivity index (χ1n) is 3.33. The van der Waals surface area contributed by atoms with E-state index in [-0.39, 0.29) is 0 Å². The van der Waals surface area contributed by atoms with Crippen molar-refractivity contribution < 1.29 is 13.2 Å². The normalized spacial score (nSPS) is 18.8. The molecule has 5 nitrogen and oxygen atoms in total. The van der Waals surface area contributed by atoms with Gasteiger partial charge in [-0.2, -0.15) is 0 Å². The summed E-state index contributed by atoms with van der Waals surface area (Å²) in [5.41, 5.74) is 0. The summed E-state index contributed by atoms with van der Waals surface area (Å²) < 4.78 is 21.0. The van der Waals surface area contributed by atoms with Crippen molar-refractivity contribution in [2.45, 2.75) is 12.8 Å². The van der Waals surface area contributed by atoms with Crippen molar-refractivity contribution in [3.8, 4) is 0 Å². The van der Waals surface area contributed by atoms with Crippen LogP contribution in [0.2, 0.25) is 0 Å². The minimum atomic E-state index is -4.00.